The first-order valence-corrected chi connectivity index (χ1v) is 3.42. The molecule has 0 aliphatic heterocycles. The molecule has 0 aliphatic rings. The Hall–Kier alpha value is -1.85. The van der Waals surface area contributed by atoms with Gasteiger partial charge in [0.1, 0.15) is 0 Å². The third-order valence-corrected chi connectivity index (χ3v) is 1.45. The standard InChI is InChI=1S/C7H8N2O4/c1-9-5(11)3-4(10)6(8-9)7(12)13-2/h3,10H,1-2H3. The molecule has 6 heteroatoms. The van der Waals surface area contributed by atoms with Crippen LogP contribution < -0.4 is 5.56 Å². The van der Waals surface area contributed by atoms with E-state index in [2.05, 4.69) is 9.84 Å². The molecule has 0 bridgehead atoms. The van der Waals surface area contributed by atoms with Crippen molar-refractivity contribution in [2.45, 2.75) is 0 Å². The topological polar surface area (TPSA) is 81.4 Å². The van der Waals surface area contributed by atoms with Crippen LogP contribution in [0.1, 0.15) is 10.5 Å². The number of aromatic hydroxyl groups is 1. The van der Waals surface area contributed by atoms with Crippen LogP contribution in [0.5, 0.6) is 5.75 Å². The first kappa shape index (κ1) is 9.24. The summed E-state index contributed by atoms with van der Waals surface area (Å²) in [4.78, 5) is 21.8. The first-order chi connectivity index (χ1) is 6.06. The Labute approximate surface area is 73.4 Å². The normalized spacial score (nSPS) is 9.69. The monoisotopic (exact) mass is 184 g/mol. The minimum Gasteiger partial charge on any atom is -0.505 e. The molecule has 70 valence electrons. The fourth-order valence-corrected chi connectivity index (χ4v) is 0.771. The molecule has 1 aromatic rings. The van der Waals surface area contributed by atoms with Gasteiger partial charge < -0.3 is 9.84 Å². The molecule has 1 N–H and O–H groups in total. The van der Waals surface area contributed by atoms with E-state index in [9.17, 15) is 9.59 Å². The molecule has 0 aromatic carbocycles. The number of methoxy groups -OCH3 is 1. The van der Waals surface area contributed by atoms with Crippen LogP contribution in [0.15, 0.2) is 10.9 Å². The average Bonchev–Trinajstić information content (AvgIpc) is 2.10. The van der Waals surface area contributed by atoms with Gasteiger partial charge in [-0.25, -0.2) is 9.48 Å². The number of nitrogens with zero attached hydrogens (tertiary/aromatic N) is 2. The zero-order valence-electron chi connectivity index (χ0n) is 7.14. The second-order valence-corrected chi connectivity index (χ2v) is 2.33. The molecule has 13 heavy (non-hydrogen) atoms. The predicted octanol–water partition coefficient (Wildman–Crippen LogP) is -0.728. The third-order valence-electron chi connectivity index (χ3n) is 1.45. The molecule has 0 unspecified atom stereocenters. The zero-order valence-corrected chi connectivity index (χ0v) is 7.14. The van der Waals surface area contributed by atoms with Crippen LogP contribution in [-0.2, 0) is 11.8 Å². The Balaban J connectivity index is 3.31. The molecule has 6 nitrogen and oxygen atoms in total. The summed E-state index contributed by atoms with van der Waals surface area (Å²) in [5.74, 6) is -1.26. The van der Waals surface area contributed by atoms with Gasteiger partial charge >= 0.3 is 5.97 Å². The molecule has 0 saturated carbocycles. The molecule has 0 spiro atoms. The minimum atomic E-state index is -0.784. The zero-order chi connectivity index (χ0) is 10.0. The Morgan fingerprint density at radius 1 is 1.69 bits per heavy atom. The summed E-state index contributed by atoms with van der Waals surface area (Å²) in [6.07, 6.45) is 0. The van der Waals surface area contributed by atoms with Gasteiger partial charge in [0.2, 0.25) is 5.69 Å². The number of ether oxygens (including phenoxy) is 1. The lowest BCUT2D eigenvalue weighted by Crippen LogP contribution is -2.21. The minimum absolute atomic E-state index is 0.274. The highest BCUT2D eigenvalue weighted by molar-refractivity contribution is 5.89. The molecule has 0 fully saturated rings. The highest BCUT2D eigenvalue weighted by atomic mass is 16.5. The summed E-state index contributed by atoms with van der Waals surface area (Å²) in [6.45, 7) is 0. The van der Waals surface area contributed by atoms with Crippen LogP contribution in [-0.4, -0.2) is 28.0 Å². The molecule has 0 atom stereocenters. The Bertz CT molecular complexity index is 396. The van der Waals surface area contributed by atoms with E-state index in [4.69, 9.17) is 5.11 Å². The maximum atomic E-state index is 10.9. The molecular weight excluding hydrogens is 176 g/mol. The quantitative estimate of drug-likeness (QED) is 0.582. The van der Waals surface area contributed by atoms with Gasteiger partial charge in [0.25, 0.3) is 5.56 Å². The molecule has 1 heterocycles. The van der Waals surface area contributed by atoms with E-state index in [0.29, 0.717) is 0 Å². The molecule has 0 amide bonds. The second-order valence-electron chi connectivity index (χ2n) is 2.33. The van der Waals surface area contributed by atoms with Gasteiger partial charge in [-0.05, 0) is 0 Å². The number of esters is 1. The number of aromatic nitrogens is 2. The van der Waals surface area contributed by atoms with Crippen molar-refractivity contribution in [3.63, 3.8) is 0 Å². The maximum Gasteiger partial charge on any atom is 0.362 e. The highest BCUT2D eigenvalue weighted by Gasteiger charge is 2.14. The summed E-state index contributed by atoms with van der Waals surface area (Å²) >= 11 is 0. The Kier molecular flexibility index (Phi) is 2.32. The van der Waals surface area contributed by atoms with E-state index in [1.165, 1.54) is 7.05 Å². The average molecular weight is 184 g/mol. The van der Waals surface area contributed by atoms with Crippen molar-refractivity contribution >= 4 is 5.97 Å². The molecule has 0 radical (unpaired) electrons. The molecule has 0 aliphatic carbocycles. The van der Waals surface area contributed by atoms with Gasteiger partial charge in [0.05, 0.1) is 7.11 Å². The number of rotatable bonds is 1. The SMILES string of the molecule is COC(=O)c1nn(C)c(=O)cc1O. The number of hydrogen-bond donors (Lipinski definition) is 1. The molecule has 0 saturated heterocycles. The van der Waals surface area contributed by atoms with Gasteiger partial charge in [-0.2, -0.15) is 5.10 Å². The number of carbonyl (C=O) groups is 1. The van der Waals surface area contributed by atoms with Gasteiger partial charge in [0, 0.05) is 13.1 Å². The second kappa shape index (κ2) is 3.26. The lowest BCUT2D eigenvalue weighted by Gasteiger charge is -2.02. The van der Waals surface area contributed by atoms with Crippen LogP contribution in [0.25, 0.3) is 0 Å². The number of carbonyl (C=O) groups excluding carboxylic acids is 1. The molecule has 1 rings (SSSR count). The van der Waals surface area contributed by atoms with Crippen LogP contribution in [0, 0.1) is 0 Å². The van der Waals surface area contributed by atoms with Crippen molar-refractivity contribution < 1.29 is 14.6 Å². The van der Waals surface area contributed by atoms with Crippen molar-refractivity contribution in [2.75, 3.05) is 7.11 Å². The first-order valence-electron chi connectivity index (χ1n) is 3.42. The summed E-state index contributed by atoms with van der Waals surface area (Å²) < 4.78 is 5.27. The lowest BCUT2D eigenvalue weighted by molar-refractivity contribution is 0.0587. The van der Waals surface area contributed by atoms with Gasteiger partial charge in [0.15, 0.2) is 5.75 Å². The smallest absolute Gasteiger partial charge is 0.362 e. The van der Waals surface area contributed by atoms with Gasteiger partial charge in [-0.3, -0.25) is 4.79 Å². The summed E-state index contributed by atoms with van der Waals surface area (Å²) in [6, 6.07) is 0.902. The van der Waals surface area contributed by atoms with Crippen LogP contribution >= 0.6 is 0 Å². The van der Waals surface area contributed by atoms with Crippen molar-refractivity contribution in [3.05, 3.63) is 22.1 Å². The fourth-order valence-electron chi connectivity index (χ4n) is 0.771. The van der Waals surface area contributed by atoms with Crippen molar-refractivity contribution in [3.8, 4) is 5.75 Å². The number of hydrogen-bond acceptors (Lipinski definition) is 5. The van der Waals surface area contributed by atoms with E-state index in [-0.39, 0.29) is 5.69 Å². The molecule has 1 aromatic heterocycles. The van der Waals surface area contributed by atoms with Crippen LogP contribution in [0.2, 0.25) is 0 Å². The summed E-state index contributed by atoms with van der Waals surface area (Å²) in [5.41, 5.74) is -0.769. The third kappa shape index (κ3) is 1.66. The summed E-state index contributed by atoms with van der Waals surface area (Å²) in [5, 5.41) is 12.7. The van der Waals surface area contributed by atoms with Crippen LogP contribution in [0.3, 0.4) is 0 Å². The highest BCUT2D eigenvalue weighted by Crippen LogP contribution is 2.10. The van der Waals surface area contributed by atoms with E-state index in [1.807, 2.05) is 0 Å². The maximum absolute atomic E-state index is 10.9. The van der Waals surface area contributed by atoms with E-state index in [0.717, 1.165) is 17.9 Å². The lowest BCUT2D eigenvalue weighted by atomic mass is 10.3. The van der Waals surface area contributed by atoms with E-state index < -0.39 is 17.3 Å². The van der Waals surface area contributed by atoms with Crippen molar-refractivity contribution in [1.82, 2.24) is 9.78 Å². The largest absolute Gasteiger partial charge is 0.505 e. The van der Waals surface area contributed by atoms with E-state index in [1.54, 1.807) is 0 Å². The van der Waals surface area contributed by atoms with Gasteiger partial charge in [-0.1, -0.05) is 0 Å². The van der Waals surface area contributed by atoms with E-state index >= 15 is 0 Å². The summed E-state index contributed by atoms with van der Waals surface area (Å²) in [7, 11) is 2.53. The van der Waals surface area contributed by atoms with Crippen LogP contribution in [0.4, 0.5) is 0 Å². The van der Waals surface area contributed by atoms with Crippen molar-refractivity contribution in [1.29, 1.82) is 0 Å². The number of aryl methyl sites for hydroxylation is 1. The Morgan fingerprint density at radius 3 is 2.85 bits per heavy atom. The Morgan fingerprint density at radius 2 is 2.31 bits per heavy atom. The van der Waals surface area contributed by atoms with Crippen molar-refractivity contribution in [2.24, 2.45) is 7.05 Å². The predicted molar refractivity (Wildman–Crippen MR) is 42.5 cm³/mol. The molecular formula is C7H8N2O4. The fraction of sp³-hybridized carbons (Fsp3) is 0.286. The van der Waals surface area contributed by atoms with Gasteiger partial charge in [-0.15, -0.1) is 0 Å².